The minimum absolute atomic E-state index is 0.253. The summed E-state index contributed by atoms with van der Waals surface area (Å²) in [5, 5.41) is 22.9. The van der Waals surface area contributed by atoms with Crippen molar-refractivity contribution in [1.82, 2.24) is 30.6 Å². The quantitative estimate of drug-likeness (QED) is 0.439. The molecule has 0 saturated carbocycles. The van der Waals surface area contributed by atoms with Crippen molar-refractivity contribution in [3.63, 3.8) is 0 Å². The van der Waals surface area contributed by atoms with Crippen molar-refractivity contribution in [3.8, 4) is 23.0 Å². The highest BCUT2D eigenvalue weighted by Crippen LogP contribution is 2.38. The van der Waals surface area contributed by atoms with Crippen LogP contribution in [0.15, 0.2) is 16.7 Å². The fraction of sp³-hybridized carbons (Fsp3) is 0.519. The van der Waals surface area contributed by atoms with Crippen LogP contribution >= 0.6 is 0 Å². The Bertz CT molecular complexity index is 1330. The molecule has 4 rings (SSSR count). The highest BCUT2D eigenvalue weighted by Gasteiger charge is 2.32. The van der Waals surface area contributed by atoms with Crippen LogP contribution in [0.25, 0.3) is 23.0 Å². The van der Waals surface area contributed by atoms with Gasteiger partial charge in [0.05, 0.1) is 0 Å². The van der Waals surface area contributed by atoms with Crippen molar-refractivity contribution < 1.29 is 19.2 Å². The Hall–Kier alpha value is -3.69. The first kappa shape index (κ1) is 26.4. The number of fused-ring (bicyclic) bond motifs is 1. The molecule has 0 saturated heterocycles. The van der Waals surface area contributed by atoms with Gasteiger partial charge in [-0.15, -0.1) is 0 Å². The average molecular weight is 509 g/mol. The molecule has 0 unspecified atom stereocenters. The van der Waals surface area contributed by atoms with Crippen LogP contribution in [0.4, 0.5) is 4.79 Å². The minimum atomic E-state index is -1.24. The first-order chi connectivity index (χ1) is 17.3. The smallest absolute Gasteiger partial charge is 0.405 e. The fourth-order valence-corrected chi connectivity index (χ4v) is 5.06. The number of carbonyl (C=O) groups is 2. The summed E-state index contributed by atoms with van der Waals surface area (Å²) < 4.78 is 7.61. The summed E-state index contributed by atoms with van der Waals surface area (Å²) in [5.41, 5.74) is 6.32. The molecule has 0 bridgehead atoms. The second kappa shape index (κ2) is 9.64. The average Bonchev–Trinajstić information content (AvgIpc) is 3.39. The number of rotatable bonds is 7. The second-order valence-corrected chi connectivity index (χ2v) is 11.3. The number of hydrogen-bond acceptors (Lipinski definition) is 6. The number of amides is 2. The van der Waals surface area contributed by atoms with E-state index >= 15 is 0 Å². The van der Waals surface area contributed by atoms with Crippen LogP contribution in [0, 0.1) is 19.3 Å². The molecular formula is C27H36N6O4. The van der Waals surface area contributed by atoms with E-state index in [9.17, 15) is 9.59 Å². The van der Waals surface area contributed by atoms with Gasteiger partial charge in [0.2, 0.25) is 11.7 Å². The zero-order valence-electron chi connectivity index (χ0n) is 22.7. The largest absolute Gasteiger partial charge is 0.465 e. The molecule has 0 aliphatic heterocycles. The summed E-state index contributed by atoms with van der Waals surface area (Å²) >= 11 is 0. The normalized spacial score (nSPS) is 14.8. The molecule has 0 fully saturated rings. The van der Waals surface area contributed by atoms with Crippen molar-refractivity contribution in [2.75, 3.05) is 6.54 Å². The summed E-state index contributed by atoms with van der Waals surface area (Å²) in [5.74, 6) is 0.575. The second-order valence-electron chi connectivity index (χ2n) is 11.3. The van der Waals surface area contributed by atoms with Gasteiger partial charge in [0, 0.05) is 30.4 Å². The van der Waals surface area contributed by atoms with E-state index in [0.29, 0.717) is 24.7 Å². The zero-order valence-corrected chi connectivity index (χ0v) is 22.7. The van der Waals surface area contributed by atoms with E-state index in [2.05, 4.69) is 29.6 Å². The Morgan fingerprint density at radius 3 is 2.54 bits per heavy atom. The number of hydrogen-bond donors (Lipinski definition) is 3. The molecule has 37 heavy (non-hydrogen) atoms. The summed E-state index contributed by atoms with van der Waals surface area (Å²) in [6.07, 6.45) is 2.38. The van der Waals surface area contributed by atoms with Crippen LogP contribution in [-0.2, 0) is 31.1 Å². The number of benzene rings is 1. The van der Waals surface area contributed by atoms with Crippen LogP contribution in [0.1, 0.15) is 62.1 Å². The van der Waals surface area contributed by atoms with E-state index in [1.807, 2.05) is 37.7 Å². The zero-order chi connectivity index (χ0) is 27.1. The summed E-state index contributed by atoms with van der Waals surface area (Å²) in [6.45, 7) is 12.0. The Morgan fingerprint density at radius 2 is 1.89 bits per heavy atom. The lowest BCUT2D eigenvalue weighted by Crippen LogP contribution is -2.54. The molecule has 2 heterocycles. The van der Waals surface area contributed by atoms with Gasteiger partial charge in [-0.3, -0.25) is 9.48 Å². The molecule has 0 spiro atoms. The van der Waals surface area contributed by atoms with Gasteiger partial charge in [-0.2, -0.15) is 10.1 Å². The molecule has 2 aromatic heterocycles. The van der Waals surface area contributed by atoms with Gasteiger partial charge < -0.3 is 20.3 Å². The van der Waals surface area contributed by atoms with Crippen LogP contribution in [0.5, 0.6) is 0 Å². The predicted molar refractivity (Wildman–Crippen MR) is 139 cm³/mol. The third kappa shape index (κ3) is 5.52. The van der Waals surface area contributed by atoms with E-state index < -0.39 is 11.6 Å². The van der Waals surface area contributed by atoms with Gasteiger partial charge in [0.15, 0.2) is 5.69 Å². The number of carboxylic acid groups (broad SMARTS) is 1. The molecule has 0 atom stereocenters. The van der Waals surface area contributed by atoms with E-state index in [-0.39, 0.29) is 11.3 Å². The minimum Gasteiger partial charge on any atom is -0.465 e. The lowest BCUT2D eigenvalue weighted by molar-refractivity contribution is -0.126. The molecule has 10 heteroatoms. The Balaban J connectivity index is 1.49. The maximum Gasteiger partial charge on any atom is 0.405 e. The van der Waals surface area contributed by atoms with Crippen molar-refractivity contribution in [2.24, 2.45) is 12.5 Å². The summed E-state index contributed by atoms with van der Waals surface area (Å²) in [7, 11) is 1.97. The number of nitrogens with zero attached hydrogens (tertiary/aromatic N) is 4. The molecule has 1 aliphatic rings. The Kier molecular flexibility index (Phi) is 6.87. The van der Waals surface area contributed by atoms with Gasteiger partial charge in [0.25, 0.3) is 5.89 Å². The Labute approximate surface area is 216 Å². The molecule has 10 nitrogen and oxygen atoms in total. The number of carbonyl (C=O) groups excluding carboxylic acids is 1. The molecule has 1 aliphatic carbocycles. The van der Waals surface area contributed by atoms with Crippen LogP contribution < -0.4 is 10.6 Å². The van der Waals surface area contributed by atoms with Crippen LogP contribution in [0.3, 0.4) is 0 Å². The van der Waals surface area contributed by atoms with Gasteiger partial charge >= 0.3 is 6.09 Å². The van der Waals surface area contributed by atoms with Crippen molar-refractivity contribution in [1.29, 1.82) is 0 Å². The van der Waals surface area contributed by atoms with Gasteiger partial charge in [-0.25, -0.2) is 4.79 Å². The third-order valence-corrected chi connectivity index (χ3v) is 7.20. The maximum atomic E-state index is 12.4. The molecule has 2 amide bonds. The lowest BCUT2D eigenvalue weighted by atomic mass is 9.76. The van der Waals surface area contributed by atoms with E-state index in [1.54, 1.807) is 0 Å². The van der Waals surface area contributed by atoms with E-state index in [4.69, 9.17) is 19.7 Å². The SMILES string of the molecule is Cc1cc(-c2noc(-c3nn(C)c4c3CCC(C)(C)C4)n2)cc(C)c1CCNC(=O)C(C)(C)NC(=O)O. The molecule has 0 radical (unpaired) electrons. The molecule has 3 aromatic rings. The third-order valence-electron chi connectivity index (χ3n) is 7.20. The highest BCUT2D eigenvalue weighted by atomic mass is 16.5. The highest BCUT2D eigenvalue weighted by molar-refractivity contribution is 5.88. The molecule has 198 valence electrons. The first-order valence-corrected chi connectivity index (χ1v) is 12.6. The topological polar surface area (TPSA) is 135 Å². The van der Waals surface area contributed by atoms with Gasteiger partial charge in [-0.1, -0.05) is 19.0 Å². The van der Waals surface area contributed by atoms with Crippen molar-refractivity contribution in [2.45, 2.75) is 72.8 Å². The van der Waals surface area contributed by atoms with Crippen LogP contribution in [0.2, 0.25) is 0 Å². The summed E-state index contributed by atoms with van der Waals surface area (Å²) in [6, 6.07) is 4.04. The number of aromatic nitrogens is 4. The number of nitrogens with one attached hydrogen (secondary N) is 2. The standard InChI is InChI=1S/C27H36N6O4/c1-15-12-17(13-16(2)18(15)9-11-28-24(34)27(5,6)30-25(35)36)22-29-23(37-32-22)21-19-8-10-26(3,4)14-20(19)33(7)31-21/h12-13,30H,8-11,14H2,1-7H3,(H,28,34)(H,35,36). The monoisotopic (exact) mass is 508 g/mol. The fourth-order valence-electron chi connectivity index (χ4n) is 5.06. The molecule has 1 aromatic carbocycles. The molecular weight excluding hydrogens is 472 g/mol. The number of aryl methyl sites for hydroxylation is 3. The van der Waals surface area contributed by atoms with Crippen molar-refractivity contribution >= 4 is 12.0 Å². The van der Waals surface area contributed by atoms with Gasteiger partial charge in [0.1, 0.15) is 5.54 Å². The molecule has 3 N–H and O–H groups in total. The van der Waals surface area contributed by atoms with E-state index in [0.717, 1.165) is 47.2 Å². The van der Waals surface area contributed by atoms with E-state index in [1.165, 1.54) is 25.1 Å². The summed E-state index contributed by atoms with van der Waals surface area (Å²) in [4.78, 5) is 28.0. The van der Waals surface area contributed by atoms with Crippen molar-refractivity contribution in [3.05, 3.63) is 40.1 Å². The Morgan fingerprint density at radius 1 is 1.22 bits per heavy atom. The van der Waals surface area contributed by atoms with Crippen LogP contribution in [-0.4, -0.2) is 49.1 Å². The lowest BCUT2D eigenvalue weighted by Gasteiger charge is -2.29. The maximum absolute atomic E-state index is 12.4. The predicted octanol–water partition coefficient (Wildman–Crippen LogP) is 3.97. The van der Waals surface area contributed by atoms with Gasteiger partial charge in [-0.05, 0) is 87.6 Å². The first-order valence-electron chi connectivity index (χ1n) is 12.6.